The van der Waals surface area contributed by atoms with Crippen LogP contribution in [0.2, 0.25) is 0 Å². The van der Waals surface area contributed by atoms with E-state index in [1.54, 1.807) is 29.8 Å². The highest BCUT2D eigenvalue weighted by atomic mass is 32.2. The molecule has 0 radical (unpaired) electrons. The summed E-state index contributed by atoms with van der Waals surface area (Å²) >= 11 is 0. The van der Waals surface area contributed by atoms with Crippen molar-refractivity contribution in [1.82, 2.24) is 24.6 Å². The predicted octanol–water partition coefficient (Wildman–Crippen LogP) is 2.72. The van der Waals surface area contributed by atoms with E-state index in [0.29, 0.717) is 16.8 Å². The van der Waals surface area contributed by atoms with E-state index in [0.717, 1.165) is 16.8 Å². The number of aryl methyl sites for hydroxylation is 2. The minimum absolute atomic E-state index is 0.0589. The molecule has 4 aromatic rings. The Morgan fingerprint density at radius 1 is 1.03 bits per heavy atom. The van der Waals surface area contributed by atoms with Gasteiger partial charge in [0.25, 0.3) is 5.91 Å². The molecule has 0 aliphatic rings. The molecule has 2 aromatic carbocycles. The summed E-state index contributed by atoms with van der Waals surface area (Å²) in [5.41, 5.74) is 4.05. The number of nitrogens with zero attached hydrogens (tertiary/aromatic N) is 3. The zero-order valence-corrected chi connectivity index (χ0v) is 18.6. The van der Waals surface area contributed by atoms with Gasteiger partial charge in [0.15, 0.2) is 5.65 Å². The third-order valence-corrected chi connectivity index (χ3v) is 6.65. The largest absolute Gasteiger partial charge is 0.351 e. The fourth-order valence-corrected chi connectivity index (χ4v) is 4.77. The first-order valence-electron chi connectivity index (χ1n) is 10.1. The van der Waals surface area contributed by atoms with Gasteiger partial charge in [-0.25, -0.2) is 22.6 Å². The number of carbonyl (C=O) groups is 1. The zero-order chi connectivity index (χ0) is 22.7. The number of fused-ring (bicyclic) bond motifs is 1. The molecular weight excluding hydrogens is 426 g/mol. The minimum Gasteiger partial charge on any atom is -0.351 e. The van der Waals surface area contributed by atoms with Crippen molar-refractivity contribution in [2.45, 2.75) is 18.7 Å². The van der Waals surface area contributed by atoms with Gasteiger partial charge in [0.05, 0.1) is 16.8 Å². The highest BCUT2D eigenvalue weighted by Crippen LogP contribution is 2.20. The number of benzene rings is 2. The Labute approximate surface area is 186 Å². The van der Waals surface area contributed by atoms with Crippen LogP contribution >= 0.6 is 0 Å². The second-order valence-corrected chi connectivity index (χ2v) is 9.15. The summed E-state index contributed by atoms with van der Waals surface area (Å²) in [6, 6.07) is 16.8. The smallest absolute Gasteiger partial charge is 0.256 e. The second-order valence-electron chi connectivity index (χ2n) is 7.41. The molecule has 2 heterocycles. The number of aromatic nitrogens is 3. The van der Waals surface area contributed by atoms with Crippen LogP contribution in [0.5, 0.6) is 0 Å². The van der Waals surface area contributed by atoms with E-state index in [4.69, 9.17) is 0 Å². The van der Waals surface area contributed by atoms with Crippen molar-refractivity contribution >= 4 is 21.6 Å². The Balaban J connectivity index is 1.43. The number of amides is 1. The predicted molar refractivity (Wildman–Crippen MR) is 122 cm³/mol. The molecule has 9 heteroatoms. The van der Waals surface area contributed by atoms with Crippen LogP contribution in [0.3, 0.4) is 0 Å². The van der Waals surface area contributed by atoms with Gasteiger partial charge in [-0.05, 0) is 37.1 Å². The van der Waals surface area contributed by atoms with Crippen LogP contribution in [0.4, 0.5) is 0 Å². The maximum Gasteiger partial charge on any atom is 0.256 e. The molecule has 2 aromatic heterocycles. The summed E-state index contributed by atoms with van der Waals surface area (Å²) < 4.78 is 29.3. The zero-order valence-electron chi connectivity index (χ0n) is 17.7. The van der Waals surface area contributed by atoms with Crippen molar-refractivity contribution in [3.05, 3.63) is 83.7 Å². The van der Waals surface area contributed by atoms with E-state index in [1.807, 2.05) is 49.4 Å². The maximum atomic E-state index is 12.7. The van der Waals surface area contributed by atoms with Gasteiger partial charge in [-0.3, -0.25) is 4.79 Å². The lowest BCUT2D eigenvalue weighted by Crippen LogP contribution is -2.35. The summed E-state index contributed by atoms with van der Waals surface area (Å²) in [6.07, 6.45) is 3.10. The quantitative estimate of drug-likeness (QED) is 0.422. The van der Waals surface area contributed by atoms with Crippen LogP contribution in [0, 0.1) is 13.8 Å². The normalized spacial score (nSPS) is 11.6. The molecule has 8 nitrogen and oxygen atoms in total. The average molecular weight is 450 g/mol. The molecule has 0 atom stereocenters. The number of nitrogens with one attached hydrogen (secondary N) is 2. The maximum absolute atomic E-state index is 12.7. The van der Waals surface area contributed by atoms with E-state index in [9.17, 15) is 13.2 Å². The minimum atomic E-state index is -3.67. The van der Waals surface area contributed by atoms with Gasteiger partial charge in [-0.2, -0.15) is 5.10 Å². The second kappa shape index (κ2) is 8.89. The fraction of sp³-hybridized carbons (Fsp3) is 0.174. The molecule has 0 aliphatic heterocycles. The number of carbonyl (C=O) groups excluding carboxylic acids is 1. The monoisotopic (exact) mass is 449 g/mol. The Kier molecular flexibility index (Phi) is 6.02. The lowest BCUT2D eigenvalue weighted by molar-refractivity contribution is 0.0955. The van der Waals surface area contributed by atoms with Gasteiger partial charge in [-0.1, -0.05) is 42.5 Å². The molecule has 0 bridgehead atoms. The topological polar surface area (TPSA) is 105 Å². The van der Waals surface area contributed by atoms with Crippen LogP contribution in [-0.4, -0.2) is 42.0 Å². The van der Waals surface area contributed by atoms with E-state index in [1.165, 1.54) is 6.20 Å². The third-order valence-electron chi connectivity index (χ3n) is 5.05. The lowest BCUT2D eigenvalue weighted by atomic mass is 10.1. The molecule has 0 unspecified atom stereocenters. The van der Waals surface area contributed by atoms with Crippen LogP contribution in [0.1, 0.15) is 21.5 Å². The fourth-order valence-electron chi connectivity index (χ4n) is 3.41. The van der Waals surface area contributed by atoms with Gasteiger partial charge in [0.2, 0.25) is 10.0 Å². The van der Waals surface area contributed by atoms with Gasteiger partial charge < -0.3 is 5.32 Å². The van der Waals surface area contributed by atoms with Crippen molar-refractivity contribution in [3.8, 4) is 11.3 Å². The summed E-state index contributed by atoms with van der Waals surface area (Å²) in [5, 5.41) is 7.05. The van der Waals surface area contributed by atoms with Crippen molar-refractivity contribution < 1.29 is 13.2 Å². The Morgan fingerprint density at radius 2 is 1.81 bits per heavy atom. The third kappa shape index (κ3) is 4.39. The first-order valence-corrected chi connectivity index (χ1v) is 11.6. The van der Waals surface area contributed by atoms with Crippen LogP contribution < -0.4 is 10.0 Å². The van der Waals surface area contributed by atoms with Gasteiger partial charge in [0, 0.05) is 24.8 Å². The standard InChI is InChI=1S/C23H23N5O3S/c1-16-8-9-17(2)21(14-16)32(30,31)27-13-12-25-23(29)19-15-26-28-20(10-11-24-22(19)28)18-6-4-3-5-7-18/h3-11,14-15,27H,12-13H2,1-2H3,(H,25,29). The van der Waals surface area contributed by atoms with E-state index >= 15 is 0 Å². The van der Waals surface area contributed by atoms with E-state index in [2.05, 4.69) is 20.1 Å². The van der Waals surface area contributed by atoms with Crippen LogP contribution in [0.15, 0.2) is 71.9 Å². The Hall–Kier alpha value is -3.56. The summed E-state index contributed by atoms with van der Waals surface area (Å²) in [7, 11) is -3.67. The molecule has 2 N–H and O–H groups in total. The molecule has 164 valence electrons. The van der Waals surface area contributed by atoms with Crippen molar-refractivity contribution in [2.24, 2.45) is 0 Å². The molecule has 0 spiro atoms. The first kappa shape index (κ1) is 21.7. The Morgan fingerprint density at radius 3 is 2.59 bits per heavy atom. The molecular formula is C23H23N5O3S. The molecule has 32 heavy (non-hydrogen) atoms. The van der Waals surface area contributed by atoms with Crippen molar-refractivity contribution in [3.63, 3.8) is 0 Å². The summed E-state index contributed by atoms with van der Waals surface area (Å²) in [4.78, 5) is 17.2. The van der Waals surface area contributed by atoms with Gasteiger partial charge in [0.1, 0.15) is 5.56 Å². The van der Waals surface area contributed by atoms with E-state index < -0.39 is 10.0 Å². The first-order chi connectivity index (χ1) is 15.4. The number of rotatable bonds is 7. The van der Waals surface area contributed by atoms with Crippen molar-refractivity contribution in [2.75, 3.05) is 13.1 Å². The average Bonchev–Trinajstić information content (AvgIpc) is 3.23. The number of hydrogen-bond donors (Lipinski definition) is 2. The molecule has 0 aliphatic carbocycles. The van der Waals surface area contributed by atoms with Gasteiger partial charge >= 0.3 is 0 Å². The molecule has 0 saturated heterocycles. The molecule has 1 amide bonds. The number of hydrogen-bond acceptors (Lipinski definition) is 5. The van der Waals surface area contributed by atoms with Crippen LogP contribution in [0.25, 0.3) is 16.9 Å². The van der Waals surface area contributed by atoms with Crippen molar-refractivity contribution in [1.29, 1.82) is 0 Å². The lowest BCUT2D eigenvalue weighted by Gasteiger charge is -2.10. The molecule has 0 saturated carbocycles. The highest BCUT2D eigenvalue weighted by Gasteiger charge is 2.18. The molecule has 0 fully saturated rings. The summed E-state index contributed by atoms with van der Waals surface area (Å²) in [5.74, 6) is -0.372. The Bertz CT molecular complexity index is 1380. The molecule has 4 rings (SSSR count). The van der Waals surface area contributed by atoms with Gasteiger partial charge in [-0.15, -0.1) is 0 Å². The highest BCUT2D eigenvalue weighted by molar-refractivity contribution is 7.89. The SMILES string of the molecule is Cc1ccc(C)c(S(=O)(=O)NCCNC(=O)c2cnn3c(-c4ccccc4)ccnc23)c1. The van der Waals surface area contributed by atoms with E-state index in [-0.39, 0.29) is 23.9 Å². The number of sulfonamides is 1. The summed E-state index contributed by atoms with van der Waals surface area (Å²) in [6.45, 7) is 3.77. The van der Waals surface area contributed by atoms with Crippen LogP contribution in [-0.2, 0) is 10.0 Å².